The van der Waals surface area contributed by atoms with Gasteiger partial charge in [0, 0.05) is 19.6 Å². The fraction of sp³-hybridized carbons (Fsp3) is 0.467. The van der Waals surface area contributed by atoms with Crippen LogP contribution in [0.5, 0.6) is 0 Å². The number of nitriles is 1. The minimum Gasteiger partial charge on any atom is -0.373 e. The van der Waals surface area contributed by atoms with Gasteiger partial charge in [0.1, 0.15) is 17.4 Å². The van der Waals surface area contributed by atoms with Gasteiger partial charge < -0.3 is 14.5 Å². The topological polar surface area (TPSA) is 56.6 Å². The zero-order valence-electron chi connectivity index (χ0n) is 12.2. The van der Waals surface area contributed by atoms with Crippen LogP contribution in [0.4, 0.5) is 4.39 Å². The third-order valence-corrected chi connectivity index (χ3v) is 3.35. The smallest absolute Gasteiger partial charge is 0.255 e. The minimum absolute atomic E-state index is 0.0724. The second-order valence-electron chi connectivity index (χ2n) is 5.28. The first-order valence-corrected chi connectivity index (χ1v) is 6.77. The van der Waals surface area contributed by atoms with Crippen molar-refractivity contribution >= 4 is 5.91 Å². The van der Waals surface area contributed by atoms with Gasteiger partial charge in [0.15, 0.2) is 0 Å². The molecular weight excluding hydrogens is 273 g/mol. The first kappa shape index (κ1) is 15.4. The maximum Gasteiger partial charge on any atom is 0.255 e. The first-order valence-electron chi connectivity index (χ1n) is 6.77. The average molecular weight is 291 g/mol. The predicted octanol–water partition coefficient (Wildman–Crippen LogP) is 1.10. The molecule has 21 heavy (non-hydrogen) atoms. The van der Waals surface area contributed by atoms with Crippen molar-refractivity contribution in [2.75, 3.05) is 40.3 Å². The Labute approximate surface area is 123 Å². The number of halogens is 1. The van der Waals surface area contributed by atoms with Crippen molar-refractivity contribution in [1.82, 2.24) is 9.80 Å². The normalized spacial score (nSPS) is 18.6. The van der Waals surface area contributed by atoms with Crippen LogP contribution in [0.25, 0.3) is 0 Å². The molecule has 0 bridgehead atoms. The number of morpholine rings is 1. The van der Waals surface area contributed by atoms with Gasteiger partial charge in [0.25, 0.3) is 5.91 Å². The molecule has 0 aliphatic carbocycles. The van der Waals surface area contributed by atoms with E-state index < -0.39 is 5.82 Å². The Kier molecular flexibility index (Phi) is 4.89. The van der Waals surface area contributed by atoms with E-state index in [4.69, 9.17) is 10.00 Å². The van der Waals surface area contributed by atoms with Crippen molar-refractivity contribution in [1.29, 1.82) is 5.26 Å². The van der Waals surface area contributed by atoms with Crippen LogP contribution in [-0.4, -0.2) is 62.1 Å². The molecule has 1 aliphatic rings. The van der Waals surface area contributed by atoms with Crippen LogP contribution in [0.2, 0.25) is 0 Å². The molecule has 1 aliphatic heterocycles. The lowest BCUT2D eigenvalue weighted by Gasteiger charge is -2.34. The maximum absolute atomic E-state index is 13.6. The SMILES string of the molecule is CN(C)CC1CN(C(=O)c2cccc(F)c2C#N)CCO1. The van der Waals surface area contributed by atoms with E-state index in [0.717, 1.165) is 0 Å². The van der Waals surface area contributed by atoms with Crippen LogP contribution in [0.1, 0.15) is 15.9 Å². The van der Waals surface area contributed by atoms with Crippen LogP contribution in [-0.2, 0) is 4.74 Å². The molecule has 1 saturated heterocycles. The summed E-state index contributed by atoms with van der Waals surface area (Å²) in [5.41, 5.74) is -0.0823. The molecule has 1 heterocycles. The molecule has 5 nitrogen and oxygen atoms in total. The van der Waals surface area contributed by atoms with E-state index in [-0.39, 0.29) is 23.1 Å². The number of carbonyl (C=O) groups excluding carboxylic acids is 1. The summed E-state index contributed by atoms with van der Waals surface area (Å²) in [6.07, 6.45) is -0.0724. The Balaban J connectivity index is 2.17. The molecule has 1 amide bonds. The first-order chi connectivity index (χ1) is 10.0. The van der Waals surface area contributed by atoms with Crippen molar-refractivity contribution in [2.24, 2.45) is 0 Å². The summed E-state index contributed by atoms with van der Waals surface area (Å²) >= 11 is 0. The molecule has 0 saturated carbocycles. The second-order valence-corrected chi connectivity index (χ2v) is 5.28. The molecular formula is C15H18FN3O2. The fourth-order valence-corrected chi connectivity index (χ4v) is 2.41. The molecule has 1 atom stereocenters. The van der Waals surface area contributed by atoms with Gasteiger partial charge >= 0.3 is 0 Å². The van der Waals surface area contributed by atoms with Crippen molar-refractivity contribution in [3.63, 3.8) is 0 Å². The minimum atomic E-state index is -0.665. The van der Waals surface area contributed by atoms with E-state index in [9.17, 15) is 9.18 Å². The summed E-state index contributed by atoms with van der Waals surface area (Å²) in [5, 5.41) is 9.03. The number of amides is 1. The van der Waals surface area contributed by atoms with Gasteiger partial charge in [-0.25, -0.2) is 4.39 Å². The predicted molar refractivity (Wildman–Crippen MR) is 75.3 cm³/mol. The number of hydrogen-bond donors (Lipinski definition) is 0. The molecule has 0 N–H and O–H groups in total. The lowest BCUT2D eigenvalue weighted by atomic mass is 10.1. The summed E-state index contributed by atoms with van der Waals surface area (Å²) in [6.45, 7) is 2.04. The van der Waals surface area contributed by atoms with E-state index in [0.29, 0.717) is 26.2 Å². The van der Waals surface area contributed by atoms with Crippen molar-refractivity contribution in [2.45, 2.75) is 6.10 Å². The number of likely N-dealkylation sites (N-methyl/N-ethyl adjacent to an activating group) is 1. The number of rotatable bonds is 3. The van der Waals surface area contributed by atoms with Gasteiger partial charge in [-0.05, 0) is 26.2 Å². The standard InChI is InChI=1S/C15H18FN3O2/c1-18(2)9-11-10-19(6-7-21-11)15(20)12-4-3-5-14(16)13(12)8-17/h3-5,11H,6-7,9-10H2,1-2H3. The van der Waals surface area contributed by atoms with Crippen LogP contribution < -0.4 is 0 Å². The van der Waals surface area contributed by atoms with Crippen LogP contribution in [0, 0.1) is 17.1 Å². The molecule has 0 radical (unpaired) electrons. The van der Waals surface area contributed by atoms with Crippen LogP contribution in [0.15, 0.2) is 18.2 Å². The number of benzene rings is 1. The molecule has 0 aromatic heterocycles. The zero-order valence-corrected chi connectivity index (χ0v) is 12.2. The number of ether oxygens (including phenoxy) is 1. The maximum atomic E-state index is 13.6. The van der Waals surface area contributed by atoms with Gasteiger partial charge in [0.05, 0.1) is 18.3 Å². The molecule has 6 heteroatoms. The largest absolute Gasteiger partial charge is 0.373 e. The van der Waals surface area contributed by atoms with Crippen LogP contribution in [0.3, 0.4) is 0 Å². The van der Waals surface area contributed by atoms with E-state index in [1.165, 1.54) is 18.2 Å². The summed E-state index contributed by atoms with van der Waals surface area (Å²) in [4.78, 5) is 16.1. The fourth-order valence-electron chi connectivity index (χ4n) is 2.41. The molecule has 2 rings (SSSR count). The van der Waals surface area contributed by atoms with Crippen LogP contribution >= 0.6 is 0 Å². The monoisotopic (exact) mass is 291 g/mol. The lowest BCUT2D eigenvalue weighted by molar-refractivity contribution is -0.0306. The van der Waals surface area contributed by atoms with Gasteiger partial charge in [-0.3, -0.25) is 4.79 Å². The quantitative estimate of drug-likeness (QED) is 0.837. The van der Waals surface area contributed by atoms with Crippen molar-refractivity contribution in [3.8, 4) is 6.07 Å². The van der Waals surface area contributed by atoms with Gasteiger partial charge in [-0.2, -0.15) is 5.26 Å². The highest BCUT2D eigenvalue weighted by Crippen LogP contribution is 2.17. The highest BCUT2D eigenvalue weighted by atomic mass is 19.1. The zero-order chi connectivity index (χ0) is 15.4. The van der Waals surface area contributed by atoms with Crippen molar-refractivity contribution in [3.05, 3.63) is 35.1 Å². The lowest BCUT2D eigenvalue weighted by Crippen LogP contribution is -2.48. The Morgan fingerprint density at radius 1 is 1.57 bits per heavy atom. The number of carbonyl (C=O) groups is 1. The Bertz CT molecular complexity index is 569. The Morgan fingerprint density at radius 2 is 2.33 bits per heavy atom. The highest BCUT2D eigenvalue weighted by Gasteiger charge is 2.27. The highest BCUT2D eigenvalue weighted by molar-refractivity contribution is 5.96. The summed E-state index contributed by atoms with van der Waals surface area (Å²) in [6, 6.07) is 5.88. The third kappa shape index (κ3) is 3.57. The van der Waals surface area contributed by atoms with E-state index in [1.807, 2.05) is 19.0 Å². The molecule has 1 aromatic rings. The number of hydrogen-bond acceptors (Lipinski definition) is 4. The second kappa shape index (κ2) is 6.66. The average Bonchev–Trinajstić information content (AvgIpc) is 2.45. The van der Waals surface area contributed by atoms with Gasteiger partial charge in [0.2, 0.25) is 0 Å². The third-order valence-electron chi connectivity index (χ3n) is 3.35. The van der Waals surface area contributed by atoms with Gasteiger partial charge in [-0.1, -0.05) is 6.07 Å². The van der Waals surface area contributed by atoms with Gasteiger partial charge in [-0.15, -0.1) is 0 Å². The molecule has 1 aromatic carbocycles. The number of nitrogens with zero attached hydrogens (tertiary/aromatic N) is 3. The molecule has 112 valence electrons. The molecule has 0 spiro atoms. The Hall–Kier alpha value is -1.97. The summed E-state index contributed by atoms with van der Waals surface area (Å²) < 4.78 is 19.2. The molecule has 1 unspecified atom stereocenters. The van der Waals surface area contributed by atoms with Crippen molar-refractivity contribution < 1.29 is 13.9 Å². The molecule has 1 fully saturated rings. The summed E-state index contributed by atoms with van der Waals surface area (Å²) in [7, 11) is 3.87. The summed E-state index contributed by atoms with van der Waals surface area (Å²) in [5.74, 6) is -0.987. The van der Waals surface area contributed by atoms with E-state index in [2.05, 4.69) is 0 Å². The van der Waals surface area contributed by atoms with E-state index >= 15 is 0 Å². The van der Waals surface area contributed by atoms with E-state index in [1.54, 1.807) is 11.0 Å². The Morgan fingerprint density at radius 3 is 3.00 bits per heavy atom.